The second kappa shape index (κ2) is 9.97. The summed E-state index contributed by atoms with van der Waals surface area (Å²) in [5.41, 5.74) is 3.13. The van der Waals surface area contributed by atoms with Gasteiger partial charge in [-0.1, -0.05) is 37.7 Å². The van der Waals surface area contributed by atoms with Crippen molar-refractivity contribution in [2.45, 2.75) is 57.3 Å². The van der Waals surface area contributed by atoms with Gasteiger partial charge in [-0.05, 0) is 49.4 Å². The maximum atomic E-state index is 12.5. The number of hydrogen-bond acceptors (Lipinski definition) is 6. The van der Waals surface area contributed by atoms with Crippen LogP contribution < -0.4 is 5.32 Å². The molecule has 1 amide bonds. The topological polar surface area (TPSA) is 69.0 Å². The summed E-state index contributed by atoms with van der Waals surface area (Å²) in [6, 6.07) is 10.1. The van der Waals surface area contributed by atoms with Gasteiger partial charge in [0.05, 0.1) is 18.4 Å². The monoisotopic (exact) mass is 456 g/mol. The molecule has 1 aromatic carbocycles. The zero-order chi connectivity index (χ0) is 21.8. The number of aromatic nitrogens is 3. The summed E-state index contributed by atoms with van der Waals surface area (Å²) in [5, 5.41) is 14.7. The molecule has 1 aliphatic rings. The Morgan fingerprint density at radius 2 is 2.13 bits per heavy atom. The molecule has 3 heterocycles. The Kier molecular flexibility index (Phi) is 7.09. The second-order valence-corrected chi connectivity index (χ2v) is 10.2. The zero-order valence-electron chi connectivity index (χ0n) is 18.1. The summed E-state index contributed by atoms with van der Waals surface area (Å²) in [4.78, 5) is 13.8. The van der Waals surface area contributed by atoms with Gasteiger partial charge in [-0.3, -0.25) is 9.36 Å². The summed E-state index contributed by atoms with van der Waals surface area (Å²) in [7, 11) is 0. The van der Waals surface area contributed by atoms with E-state index in [9.17, 15) is 4.79 Å². The minimum atomic E-state index is -0.0538. The van der Waals surface area contributed by atoms with Gasteiger partial charge in [-0.15, -0.1) is 21.5 Å². The molecular formula is C23H28N4O2S2. The first-order chi connectivity index (χ1) is 15.0. The maximum absolute atomic E-state index is 12.5. The molecule has 3 aromatic rings. The van der Waals surface area contributed by atoms with Crippen LogP contribution >= 0.6 is 23.1 Å². The van der Waals surface area contributed by atoms with Crippen LogP contribution in [0.25, 0.3) is 11.4 Å². The van der Waals surface area contributed by atoms with E-state index in [1.165, 1.54) is 22.2 Å². The number of thiophene rings is 1. The van der Waals surface area contributed by atoms with Crippen molar-refractivity contribution in [3.63, 3.8) is 0 Å². The van der Waals surface area contributed by atoms with E-state index in [0.717, 1.165) is 41.7 Å². The van der Waals surface area contributed by atoms with Gasteiger partial charge in [-0.2, -0.15) is 0 Å². The van der Waals surface area contributed by atoms with E-state index >= 15 is 0 Å². The summed E-state index contributed by atoms with van der Waals surface area (Å²) in [5.74, 6) is 1.53. The second-order valence-electron chi connectivity index (χ2n) is 8.11. The molecule has 0 spiro atoms. The van der Waals surface area contributed by atoms with E-state index in [2.05, 4.69) is 64.4 Å². The Bertz CT molecular complexity index is 1020. The average Bonchev–Trinajstić information content (AvgIpc) is 3.49. The molecule has 4 rings (SSSR count). The van der Waals surface area contributed by atoms with Crippen molar-refractivity contribution >= 4 is 34.7 Å². The Morgan fingerprint density at radius 1 is 1.32 bits per heavy atom. The highest BCUT2D eigenvalue weighted by atomic mass is 32.2. The Balaban J connectivity index is 1.44. The first-order valence-corrected chi connectivity index (χ1v) is 12.5. The molecule has 164 valence electrons. The Labute approximate surface area is 191 Å². The third kappa shape index (κ3) is 5.56. The van der Waals surface area contributed by atoms with Gasteiger partial charge < -0.3 is 10.1 Å². The molecule has 1 saturated heterocycles. The number of nitrogens with zero attached hydrogens (tertiary/aromatic N) is 3. The van der Waals surface area contributed by atoms with Crippen LogP contribution in [0, 0.1) is 6.92 Å². The summed E-state index contributed by atoms with van der Waals surface area (Å²) < 4.78 is 7.95. The smallest absolute Gasteiger partial charge is 0.234 e. The minimum Gasteiger partial charge on any atom is -0.376 e. The SMILES string of the molecule is Cc1cc(-c2nnc(SCC(=O)Nc3ccc(C(C)C)cc3)n2CC2CCCO2)cs1. The van der Waals surface area contributed by atoms with Gasteiger partial charge in [0.25, 0.3) is 0 Å². The molecule has 1 aliphatic heterocycles. The normalized spacial score (nSPS) is 16.2. The predicted octanol–water partition coefficient (Wildman–Crippen LogP) is 5.35. The highest BCUT2D eigenvalue weighted by molar-refractivity contribution is 7.99. The number of rotatable bonds is 8. The molecule has 1 N–H and O–H groups in total. The van der Waals surface area contributed by atoms with E-state index in [0.29, 0.717) is 12.5 Å². The van der Waals surface area contributed by atoms with Crippen molar-refractivity contribution in [3.05, 3.63) is 46.2 Å². The van der Waals surface area contributed by atoms with E-state index in [1.807, 2.05) is 12.1 Å². The van der Waals surface area contributed by atoms with E-state index < -0.39 is 0 Å². The van der Waals surface area contributed by atoms with Crippen LogP contribution in [0.15, 0.2) is 40.9 Å². The Morgan fingerprint density at radius 3 is 2.77 bits per heavy atom. The molecule has 0 radical (unpaired) electrons. The highest BCUT2D eigenvalue weighted by Crippen LogP contribution is 2.29. The number of hydrogen-bond donors (Lipinski definition) is 1. The number of carbonyl (C=O) groups is 1. The molecule has 31 heavy (non-hydrogen) atoms. The van der Waals surface area contributed by atoms with Gasteiger partial charge in [0.15, 0.2) is 11.0 Å². The van der Waals surface area contributed by atoms with Crippen molar-refractivity contribution < 1.29 is 9.53 Å². The van der Waals surface area contributed by atoms with Crippen molar-refractivity contribution in [2.24, 2.45) is 0 Å². The number of ether oxygens (including phenoxy) is 1. The first-order valence-electron chi connectivity index (χ1n) is 10.6. The quantitative estimate of drug-likeness (QED) is 0.463. The summed E-state index contributed by atoms with van der Waals surface area (Å²) in [6.45, 7) is 7.91. The molecule has 0 bridgehead atoms. The summed E-state index contributed by atoms with van der Waals surface area (Å²) in [6.07, 6.45) is 2.29. The predicted molar refractivity (Wildman–Crippen MR) is 127 cm³/mol. The number of benzene rings is 1. The molecule has 1 fully saturated rings. The lowest BCUT2D eigenvalue weighted by atomic mass is 10.0. The lowest BCUT2D eigenvalue weighted by molar-refractivity contribution is -0.113. The molecule has 0 saturated carbocycles. The molecule has 1 atom stereocenters. The van der Waals surface area contributed by atoms with Crippen molar-refractivity contribution in [3.8, 4) is 11.4 Å². The van der Waals surface area contributed by atoms with Gasteiger partial charge in [0.2, 0.25) is 5.91 Å². The van der Waals surface area contributed by atoms with Crippen LogP contribution in [0.4, 0.5) is 5.69 Å². The van der Waals surface area contributed by atoms with Gasteiger partial charge in [0, 0.05) is 28.1 Å². The van der Waals surface area contributed by atoms with Crippen molar-refractivity contribution in [1.82, 2.24) is 14.8 Å². The largest absolute Gasteiger partial charge is 0.376 e. The standard InChI is InChI=1S/C23H28N4O2S2/c1-15(2)17-6-8-19(9-7-17)24-21(28)14-31-23-26-25-22(18-11-16(3)30-13-18)27(23)12-20-5-4-10-29-20/h6-9,11,13,15,20H,4-5,10,12,14H2,1-3H3,(H,24,28). The van der Waals surface area contributed by atoms with Crippen molar-refractivity contribution in [1.29, 1.82) is 0 Å². The highest BCUT2D eigenvalue weighted by Gasteiger charge is 2.22. The number of anilines is 1. The van der Waals surface area contributed by atoms with E-state index in [-0.39, 0.29) is 17.8 Å². The van der Waals surface area contributed by atoms with Crippen LogP contribution in [-0.2, 0) is 16.1 Å². The number of nitrogens with one attached hydrogen (secondary N) is 1. The average molecular weight is 457 g/mol. The molecule has 2 aromatic heterocycles. The maximum Gasteiger partial charge on any atom is 0.234 e. The number of amides is 1. The van der Waals surface area contributed by atoms with Crippen LogP contribution in [0.5, 0.6) is 0 Å². The number of thioether (sulfide) groups is 1. The van der Waals surface area contributed by atoms with Crippen LogP contribution in [0.1, 0.15) is 43.0 Å². The molecule has 1 unspecified atom stereocenters. The number of aryl methyl sites for hydroxylation is 1. The molecule has 8 heteroatoms. The zero-order valence-corrected chi connectivity index (χ0v) is 19.8. The van der Waals surface area contributed by atoms with E-state index in [4.69, 9.17) is 4.74 Å². The van der Waals surface area contributed by atoms with E-state index in [1.54, 1.807) is 11.3 Å². The molecule has 6 nitrogen and oxygen atoms in total. The fourth-order valence-electron chi connectivity index (χ4n) is 3.60. The van der Waals surface area contributed by atoms with Crippen LogP contribution in [-0.4, -0.2) is 39.1 Å². The fraction of sp³-hybridized carbons (Fsp3) is 0.435. The minimum absolute atomic E-state index is 0.0538. The molecular weight excluding hydrogens is 428 g/mol. The van der Waals surface area contributed by atoms with Crippen molar-refractivity contribution in [2.75, 3.05) is 17.7 Å². The number of carbonyl (C=O) groups excluding carboxylic acids is 1. The third-order valence-electron chi connectivity index (χ3n) is 5.31. The van der Waals surface area contributed by atoms with Gasteiger partial charge in [-0.25, -0.2) is 0 Å². The lowest BCUT2D eigenvalue weighted by Crippen LogP contribution is -2.18. The lowest BCUT2D eigenvalue weighted by Gasteiger charge is -2.14. The first kappa shape index (κ1) is 22.0. The summed E-state index contributed by atoms with van der Waals surface area (Å²) >= 11 is 3.11. The van der Waals surface area contributed by atoms with Crippen LogP contribution in [0.3, 0.4) is 0 Å². The molecule has 0 aliphatic carbocycles. The van der Waals surface area contributed by atoms with Gasteiger partial charge in [0.1, 0.15) is 0 Å². The third-order valence-corrected chi connectivity index (χ3v) is 7.14. The Hall–Kier alpha value is -2.16. The van der Waals surface area contributed by atoms with Crippen LogP contribution in [0.2, 0.25) is 0 Å². The van der Waals surface area contributed by atoms with Gasteiger partial charge >= 0.3 is 0 Å². The fourth-order valence-corrected chi connectivity index (χ4v) is 5.03.